The van der Waals surface area contributed by atoms with E-state index in [2.05, 4.69) is 9.47 Å². The first-order chi connectivity index (χ1) is 23.4. The van der Waals surface area contributed by atoms with Crippen LogP contribution in [-0.4, -0.2) is 74.0 Å². The topological polar surface area (TPSA) is 102 Å². The SMILES string of the molecule is O=C(/C=C(/OC[C@H]1O[C@H](O)[C@@H](OCc2ccccc2)[C@@H](OCc2ccccc2)[C@@H]1OCc1ccccc1)OCC(F)(F)F)OCC(F)(F)F. The minimum atomic E-state index is -4.89. The Morgan fingerprint density at radius 1 is 0.633 bits per heavy atom. The van der Waals surface area contributed by atoms with E-state index in [1.807, 2.05) is 36.4 Å². The molecule has 15 heteroatoms. The van der Waals surface area contributed by atoms with Crippen molar-refractivity contribution < 1.29 is 69.4 Å². The highest BCUT2D eigenvalue weighted by Gasteiger charge is 2.48. The molecular formula is C34H34F6O9. The van der Waals surface area contributed by atoms with E-state index >= 15 is 0 Å². The summed E-state index contributed by atoms with van der Waals surface area (Å²) >= 11 is 0. The van der Waals surface area contributed by atoms with Crippen molar-refractivity contribution in [3.63, 3.8) is 0 Å². The number of aliphatic hydroxyl groups is 1. The molecule has 1 saturated heterocycles. The van der Waals surface area contributed by atoms with Crippen LogP contribution in [0.4, 0.5) is 26.3 Å². The first kappa shape index (κ1) is 37.7. The van der Waals surface area contributed by atoms with Crippen molar-refractivity contribution in [1.82, 2.24) is 0 Å². The summed E-state index contributed by atoms with van der Waals surface area (Å²) in [6, 6.07) is 27.0. The molecule has 1 aliphatic rings. The summed E-state index contributed by atoms with van der Waals surface area (Å²) in [6.45, 7) is -4.56. The van der Waals surface area contributed by atoms with Crippen molar-refractivity contribution in [2.75, 3.05) is 19.8 Å². The van der Waals surface area contributed by atoms with E-state index in [-0.39, 0.29) is 25.9 Å². The number of carbonyl (C=O) groups excluding carboxylic acids is 1. The number of carbonyl (C=O) groups is 1. The van der Waals surface area contributed by atoms with Crippen molar-refractivity contribution in [3.05, 3.63) is 120 Å². The highest BCUT2D eigenvalue weighted by molar-refractivity contribution is 5.82. The Morgan fingerprint density at radius 2 is 1.06 bits per heavy atom. The number of rotatable bonds is 16. The summed E-state index contributed by atoms with van der Waals surface area (Å²) in [5.74, 6) is -2.77. The van der Waals surface area contributed by atoms with Crippen LogP contribution in [0.1, 0.15) is 16.7 Å². The van der Waals surface area contributed by atoms with Gasteiger partial charge in [0.2, 0.25) is 0 Å². The number of benzene rings is 3. The zero-order chi connectivity index (χ0) is 35.3. The standard InChI is InChI=1S/C34H34F6O9/c35-33(36,37)21-47-27(41)16-28(48-22-34(38,39)40)43-20-26-29(44-17-23-10-4-1-5-11-23)30(45-18-24-12-6-2-7-13-24)31(32(42)49-26)46-19-25-14-8-3-9-15-25/h1-16,26,29-32,42H,17-22H2/b28-16-/t26-,29-,30+,31+,32+/m1/s1. The molecule has 3 aromatic carbocycles. The van der Waals surface area contributed by atoms with Crippen molar-refractivity contribution in [2.45, 2.75) is 62.9 Å². The number of halogens is 6. The molecule has 0 unspecified atom stereocenters. The quantitative estimate of drug-likeness (QED) is 0.0835. The Kier molecular flexibility index (Phi) is 13.8. The lowest BCUT2D eigenvalue weighted by molar-refractivity contribution is -0.317. The molecule has 9 nitrogen and oxygen atoms in total. The summed E-state index contributed by atoms with van der Waals surface area (Å²) in [6.07, 6.45) is -15.9. The zero-order valence-corrected chi connectivity index (χ0v) is 25.8. The Balaban J connectivity index is 1.60. The van der Waals surface area contributed by atoms with E-state index in [0.717, 1.165) is 16.7 Å². The Bertz CT molecular complexity index is 1440. The molecule has 3 aromatic rings. The van der Waals surface area contributed by atoms with Gasteiger partial charge in [0.25, 0.3) is 5.95 Å². The molecule has 49 heavy (non-hydrogen) atoms. The molecule has 0 aliphatic carbocycles. The predicted octanol–water partition coefficient (Wildman–Crippen LogP) is 6.00. The monoisotopic (exact) mass is 700 g/mol. The third-order valence-electron chi connectivity index (χ3n) is 6.85. The Labute approximate surface area is 277 Å². The molecule has 0 bridgehead atoms. The maximum absolute atomic E-state index is 13.0. The van der Waals surface area contributed by atoms with Gasteiger partial charge in [-0.2, -0.15) is 26.3 Å². The second-order valence-electron chi connectivity index (χ2n) is 10.7. The second-order valence-corrected chi connectivity index (χ2v) is 10.7. The van der Waals surface area contributed by atoms with Gasteiger partial charge in [0.1, 0.15) is 37.1 Å². The first-order valence-corrected chi connectivity index (χ1v) is 14.9. The minimum absolute atomic E-state index is 0.00486. The van der Waals surface area contributed by atoms with Crippen LogP contribution in [0, 0.1) is 0 Å². The molecule has 1 N–H and O–H groups in total. The number of aliphatic hydroxyl groups excluding tert-OH is 1. The summed E-state index contributed by atoms with van der Waals surface area (Å²) in [5.41, 5.74) is 2.28. The van der Waals surface area contributed by atoms with Crippen LogP contribution < -0.4 is 0 Å². The van der Waals surface area contributed by atoms with Gasteiger partial charge in [-0.05, 0) is 16.7 Å². The van der Waals surface area contributed by atoms with Gasteiger partial charge in [-0.25, -0.2) is 4.79 Å². The zero-order valence-electron chi connectivity index (χ0n) is 25.8. The van der Waals surface area contributed by atoms with Crippen LogP contribution in [0.15, 0.2) is 103 Å². The molecule has 1 fully saturated rings. The maximum atomic E-state index is 13.0. The molecule has 4 rings (SSSR count). The molecule has 0 radical (unpaired) electrons. The predicted molar refractivity (Wildman–Crippen MR) is 159 cm³/mol. The average Bonchev–Trinajstić information content (AvgIpc) is 3.07. The molecule has 0 saturated carbocycles. The van der Waals surface area contributed by atoms with Gasteiger partial charge < -0.3 is 38.3 Å². The van der Waals surface area contributed by atoms with Crippen LogP contribution in [0.5, 0.6) is 0 Å². The fraction of sp³-hybridized carbons (Fsp3) is 0.382. The summed E-state index contributed by atoms with van der Waals surface area (Å²) in [5, 5.41) is 11.1. The van der Waals surface area contributed by atoms with Gasteiger partial charge in [0.15, 0.2) is 19.5 Å². The lowest BCUT2D eigenvalue weighted by atomic mass is 9.98. The summed E-state index contributed by atoms with van der Waals surface area (Å²) < 4.78 is 115. The van der Waals surface area contributed by atoms with Crippen LogP contribution >= 0.6 is 0 Å². The van der Waals surface area contributed by atoms with Gasteiger partial charge in [0, 0.05) is 0 Å². The van der Waals surface area contributed by atoms with Gasteiger partial charge in [-0.3, -0.25) is 0 Å². The van der Waals surface area contributed by atoms with Crippen LogP contribution in [0.2, 0.25) is 0 Å². The van der Waals surface area contributed by atoms with E-state index < -0.39 is 74.8 Å². The third kappa shape index (κ3) is 13.3. The van der Waals surface area contributed by atoms with Gasteiger partial charge in [-0.1, -0.05) is 91.0 Å². The molecule has 5 atom stereocenters. The molecule has 0 aromatic heterocycles. The smallest absolute Gasteiger partial charge is 0.422 e. The van der Waals surface area contributed by atoms with Crippen LogP contribution in [-0.2, 0) is 57.8 Å². The van der Waals surface area contributed by atoms with E-state index in [0.29, 0.717) is 0 Å². The molecular weight excluding hydrogens is 666 g/mol. The number of alkyl halides is 6. The number of esters is 1. The third-order valence-corrected chi connectivity index (χ3v) is 6.85. The number of hydrogen-bond donors (Lipinski definition) is 1. The molecule has 1 aliphatic heterocycles. The van der Waals surface area contributed by atoms with Crippen molar-refractivity contribution >= 4 is 5.97 Å². The van der Waals surface area contributed by atoms with E-state index in [1.165, 1.54) is 0 Å². The fourth-order valence-corrected chi connectivity index (χ4v) is 4.63. The lowest BCUT2D eigenvalue weighted by Gasteiger charge is -2.44. The van der Waals surface area contributed by atoms with Crippen molar-refractivity contribution in [1.29, 1.82) is 0 Å². The number of ether oxygens (including phenoxy) is 7. The Morgan fingerprint density at radius 3 is 1.53 bits per heavy atom. The Hall–Kier alpha value is -4.15. The van der Waals surface area contributed by atoms with Crippen molar-refractivity contribution in [2.24, 2.45) is 0 Å². The highest BCUT2D eigenvalue weighted by Crippen LogP contribution is 2.30. The maximum Gasteiger partial charge on any atom is 0.422 e. The van der Waals surface area contributed by atoms with Gasteiger partial charge >= 0.3 is 18.3 Å². The van der Waals surface area contributed by atoms with Gasteiger partial charge in [-0.15, -0.1) is 0 Å². The van der Waals surface area contributed by atoms with Crippen molar-refractivity contribution in [3.8, 4) is 0 Å². The fourth-order valence-electron chi connectivity index (χ4n) is 4.63. The highest BCUT2D eigenvalue weighted by atomic mass is 19.4. The molecule has 0 amide bonds. The first-order valence-electron chi connectivity index (χ1n) is 14.9. The number of hydrogen-bond acceptors (Lipinski definition) is 9. The summed E-state index contributed by atoms with van der Waals surface area (Å²) in [4.78, 5) is 12.0. The summed E-state index contributed by atoms with van der Waals surface area (Å²) in [7, 11) is 0. The van der Waals surface area contributed by atoms with Crippen LogP contribution in [0.25, 0.3) is 0 Å². The van der Waals surface area contributed by atoms with E-state index in [1.54, 1.807) is 54.6 Å². The second kappa shape index (κ2) is 18.0. The molecule has 0 spiro atoms. The largest absolute Gasteiger partial charge is 0.462 e. The minimum Gasteiger partial charge on any atom is -0.462 e. The van der Waals surface area contributed by atoms with Gasteiger partial charge in [0.05, 0.1) is 19.8 Å². The molecule has 1 heterocycles. The lowest BCUT2D eigenvalue weighted by Crippen LogP contribution is -2.61. The van der Waals surface area contributed by atoms with E-state index in [9.17, 15) is 36.2 Å². The normalized spacial score (nSPS) is 21.6. The molecule has 266 valence electrons. The van der Waals surface area contributed by atoms with E-state index in [4.69, 9.17) is 23.7 Å². The van der Waals surface area contributed by atoms with Crippen LogP contribution in [0.3, 0.4) is 0 Å². The average molecular weight is 701 g/mol.